The quantitative estimate of drug-likeness (QED) is 0.675. The number of rotatable bonds is 7. The number of ether oxygens (including phenoxy) is 1. The van der Waals surface area contributed by atoms with Crippen LogP contribution in [0.3, 0.4) is 0 Å². The average molecular weight is 295 g/mol. The third-order valence-corrected chi connectivity index (χ3v) is 3.30. The van der Waals surface area contributed by atoms with Crippen molar-refractivity contribution in [3.8, 4) is 0 Å². The lowest BCUT2D eigenvalue weighted by Gasteiger charge is -2.09. The predicted molar refractivity (Wildman–Crippen MR) is 80.2 cm³/mol. The molecule has 0 radical (unpaired) electrons. The maximum absolute atomic E-state index is 10.5. The van der Waals surface area contributed by atoms with Crippen LogP contribution >= 0.6 is 11.3 Å². The number of carbonyl (C=O) groups excluding carboxylic acids is 1. The minimum absolute atomic E-state index is 0.197. The second kappa shape index (κ2) is 6.90. The number of aromatic nitrogens is 2. The van der Waals surface area contributed by atoms with Gasteiger partial charge in [0.15, 0.2) is 0 Å². The number of hydrogen-bond acceptors (Lipinski definition) is 7. The van der Waals surface area contributed by atoms with Gasteiger partial charge in [-0.25, -0.2) is 9.78 Å². The Morgan fingerprint density at radius 1 is 1.40 bits per heavy atom. The van der Waals surface area contributed by atoms with Gasteiger partial charge in [-0.3, -0.25) is 0 Å². The number of carbonyl (C=O) groups is 1. The first-order valence-corrected chi connectivity index (χ1v) is 7.24. The summed E-state index contributed by atoms with van der Waals surface area (Å²) in [6.07, 6.45) is 0.224. The first-order chi connectivity index (χ1) is 9.70. The van der Waals surface area contributed by atoms with Crippen molar-refractivity contribution in [2.45, 2.75) is 13.3 Å². The molecule has 0 saturated carbocycles. The molecule has 0 atom stereocenters. The molecule has 0 aliphatic rings. The van der Waals surface area contributed by atoms with Gasteiger partial charge in [0.2, 0.25) is 5.95 Å². The Morgan fingerprint density at radius 3 is 3.00 bits per heavy atom. The molecule has 2 aromatic heterocycles. The second-order valence-corrected chi connectivity index (χ2v) is 4.95. The number of anilines is 2. The van der Waals surface area contributed by atoms with Crippen LogP contribution in [-0.4, -0.2) is 35.8 Å². The summed E-state index contributed by atoms with van der Waals surface area (Å²) in [5, 5.41) is 9.21. The lowest BCUT2D eigenvalue weighted by molar-refractivity contribution is 0.161. The Kier molecular flexibility index (Phi) is 4.94. The van der Waals surface area contributed by atoms with E-state index in [9.17, 15) is 4.79 Å². The van der Waals surface area contributed by atoms with Crippen LogP contribution in [0.2, 0.25) is 0 Å². The highest BCUT2D eigenvalue weighted by molar-refractivity contribution is 7.16. The highest BCUT2D eigenvalue weighted by atomic mass is 32.1. The summed E-state index contributed by atoms with van der Waals surface area (Å²) < 4.78 is 4.67. The third kappa shape index (κ3) is 3.70. The number of primary amides is 1. The monoisotopic (exact) mass is 295 g/mol. The lowest BCUT2D eigenvalue weighted by atomic mass is 10.4. The summed E-state index contributed by atoms with van der Waals surface area (Å²) in [5.74, 6) is 1.32. The third-order valence-electron chi connectivity index (χ3n) is 2.50. The molecule has 8 heteroatoms. The summed E-state index contributed by atoms with van der Waals surface area (Å²) >= 11 is 1.56. The molecular weight excluding hydrogens is 278 g/mol. The van der Waals surface area contributed by atoms with Gasteiger partial charge in [-0.1, -0.05) is 6.92 Å². The van der Waals surface area contributed by atoms with E-state index < -0.39 is 6.09 Å². The van der Waals surface area contributed by atoms with E-state index in [0.29, 0.717) is 12.5 Å². The second-order valence-electron chi connectivity index (χ2n) is 4.06. The van der Waals surface area contributed by atoms with Crippen LogP contribution in [-0.2, 0) is 4.74 Å². The fourth-order valence-corrected chi connectivity index (χ4v) is 2.39. The Balaban J connectivity index is 2.08. The molecule has 2 aromatic rings. The summed E-state index contributed by atoms with van der Waals surface area (Å²) in [7, 11) is 0. The van der Waals surface area contributed by atoms with E-state index in [1.807, 2.05) is 11.4 Å². The van der Waals surface area contributed by atoms with Crippen molar-refractivity contribution in [1.29, 1.82) is 0 Å². The number of thiophene rings is 1. The molecule has 0 aromatic carbocycles. The van der Waals surface area contributed by atoms with Crippen molar-refractivity contribution in [2.75, 3.05) is 30.3 Å². The highest BCUT2D eigenvalue weighted by Crippen LogP contribution is 2.26. The van der Waals surface area contributed by atoms with Crippen LogP contribution in [0, 0.1) is 0 Å². The minimum atomic E-state index is -0.777. The normalized spacial score (nSPS) is 10.4. The largest absolute Gasteiger partial charge is 0.448 e. The number of nitrogens with zero attached hydrogens (tertiary/aromatic N) is 2. The van der Waals surface area contributed by atoms with Gasteiger partial charge in [0.1, 0.15) is 17.3 Å². The van der Waals surface area contributed by atoms with Gasteiger partial charge in [0, 0.05) is 6.54 Å². The van der Waals surface area contributed by atoms with Crippen molar-refractivity contribution >= 4 is 39.4 Å². The van der Waals surface area contributed by atoms with E-state index in [1.54, 1.807) is 11.3 Å². The van der Waals surface area contributed by atoms with Crippen molar-refractivity contribution in [2.24, 2.45) is 5.73 Å². The zero-order valence-corrected chi connectivity index (χ0v) is 12.0. The summed E-state index contributed by atoms with van der Waals surface area (Å²) in [4.78, 5) is 20.3. The van der Waals surface area contributed by atoms with E-state index in [0.717, 1.165) is 29.0 Å². The number of fused-ring (bicyclic) bond motifs is 1. The van der Waals surface area contributed by atoms with Crippen LogP contribution in [0.4, 0.5) is 16.6 Å². The number of nitrogens with one attached hydrogen (secondary N) is 2. The summed E-state index contributed by atoms with van der Waals surface area (Å²) in [6, 6.07) is 1.96. The van der Waals surface area contributed by atoms with Crippen molar-refractivity contribution in [3.05, 3.63) is 11.4 Å². The van der Waals surface area contributed by atoms with Crippen molar-refractivity contribution in [3.63, 3.8) is 0 Å². The van der Waals surface area contributed by atoms with E-state index in [2.05, 4.69) is 32.3 Å². The molecule has 0 spiro atoms. The maximum Gasteiger partial charge on any atom is 0.404 e. The van der Waals surface area contributed by atoms with E-state index in [1.165, 1.54) is 0 Å². The minimum Gasteiger partial charge on any atom is -0.448 e. The van der Waals surface area contributed by atoms with Crippen LogP contribution < -0.4 is 16.4 Å². The van der Waals surface area contributed by atoms with Gasteiger partial charge >= 0.3 is 6.09 Å². The van der Waals surface area contributed by atoms with Crippen LogP contribution in [0.1, 0.15) is 13.3 Å². The van der Waals surface area contributed by atoms with Gasteiger partial charge in [-0.15, -0.1) is 11.3 Å². The van der Waals surface area contributed by atoms with E-state index >= 15 is 0 Å². The fraction of sp³-hybridized carbons (Fsp3) is 0.417. The van der Waals surface area contributed by atoms with Crippen LogP contribution in [0.5, 0.6) is 0 Å². The zero-order valence-electron chi connectivity index (χ0n) is 11.2. The SMILES string of the molecule is CCCNc1nc(NCCOC(N)=O)c2ccsc2n1. The molecule has 1 amide bonds. The lowest BCUT2D eigenvalue weighted by Crippen LogP contribution is -2.19. The molecule has 0 saturated heterocycles. The smallest absolute Gasteiger partial charge is 0.404 e. The molecule has 0 bridgehead atoms. The van der Waals surface area contributed by atoms with E-state index in [4.69, 9.17) is 5.73 Å². The molecule has 7 nitrogen and oxygen atoms in total. The molecule has 2 heterocycles. The molecule has 4 N–H and O–H groups in total. The standard InChI is InChI=1S/C12H17N5O2S/c1-2-4-15-12-16-9(14-5-6-19-11(13)18)8-3-7-20-10(8)17-12/h3,7H,2,4-6H2,1H3,(H2,13,18)(H2,14,15,16,17). The fourth-order valence-electron chi connectivity index (χ4n) is 1.63. The van der Waals surface area contributed by atoms with Crippen LogP contribution in [0.15, 0.2) is 11.4 Å². The van der Waals surface area contributed by atoms with Crippen molar-refractivity contribution < 1.29 is 9.53 Å². The molecule has 20 heavy (non-hydrogen) atoms. The van der Waals surface area contributed by atoms with Gasteiger partial charge in [-0.05, 0) is 17.9 Å². The topological polar surface area (TPSA) is 102 Å². The van der Waals surface area contributed by atoms with Crippen LogP contribution in [0.25, 0.3) is 10.2 Å². The molecule has 0 unspecified atom stereocenters. The predicted octanol–water partition coefficient (Wildman–Crippen LogP) is 2.02. The Hall–Kier alpha value is -2.09. The number of nitrogens with two attached hydrogens (primary N) is 1. The number of hydrogen-bond donors (Lipinski definition) is 3. The highest BCUT2D eigenvalue weighted by Gasteiger charge is 2.08. The van der Waals surface area contributed by atoms with Crippen molar-refractivity contribution in [1.82, 2.24) is 9.97 Å². The maximum atomic E-state index is 10.5. The van der Waals surface area contributed by atoms with Gasteiger partial charge in [0.05, 0.1) is 11.9 Å². The molecule has 108 valence electrons. The molecular formula is C12H17N5O2S. The van der Waals surface area contributed by atoms with Gasteiger partial charge < -0.3 is 21.1 Å². The van der Waals surface area contributed by atoms with Gasteiger partial charge in [0.25, 0.3) is 0 Å². The summed E-state index contributed by atoms with van der Waals surface area (Å²) in [5.41, 5.74) is 4.90. The van der Waals surface area contributed by atoms with Gasteiger partial charge in [-0.2, -0.15) is 4.98 Å². The molecule has 2 rings (SSSR count). The Morgan fingerprint density at radius 2 is 2.25 bits per heavy atom. The Bertz CT molecular complexity index is 586. The molecule has 0 aliphatic carbocycles. The zero-order chi connectivity index (χ0) is 14.4. The summed E-state index contributed by atoms with van der Waals surface area (Å²) in [6.45, 7) is 3.54. The first kappa shape index (κ1) is 14.3. The molecule has 0 aliphatic heterocycles. The van der Waals surface area contributed by atoms with E-state index in [-0.39, 0.29) is 6.61 Å². The number of amides is 1. The first-order valence-electron chi connectivity index (χ1n) is 6.36. The Labute approximate surface area is 120 Å². The average Bonchev–Trinajstić information content (AvgIpc) is 2.89. The molecule has 0 fully saturated rings.